The van der Waals surface area contributed by atoms with Gasteiger partial charge in [-0.25, -0.2) is 0 Å². The van der Waals surface area contributed by atoms with Crippen LogP contribution in [0.3, 0.4) is 0 Å². The highest BCUT2D eigenvalue weighted by Crippen LogP contribution is 2.33. The van der Waals surface area contributed by atoms with Gasteiger partial charge in [0, 0.05) is 13.0 Å². The van der Waals surface area contributed by atoms with Gasteiger partial charge >= 0.3 is 0 Å². The molecule has 0 unspecified atom stereocenters. The Labute approximate surface area is 153 Å². The molecule has 0 aromatic heterocycles. The number of hydrogen-bond donors (Lipinski definition) is 1. The van der Waals surface area contributed by atoms with Crippen molar-refractivity contribution in [2.24, 2.45) is 5.41 Å². The third-order valence-electron chi connectivity index (χ3n) is 5.12. The molecule has 1 atom stereocenters. The van der Waals surface area contributed by atoms with E-state index in [1.807, 2.05) is 12.1 Å². The minimum absolute atomic E-state index is 0.253. The quantitative estimate of drug-likeness (QED) is 0.525. The second-order valence-electron chi connectivity index (χ2n) is 6.73. The first kappa shape index (κ1) is 21.3. The predicted molar refractivity (Wildman–Crippen MR) is 103 cm³/mol. The zero-order valence-electron chi connectivity index (χ0n) is 16.4. The van der Waals surface area contributed by atoms with Crippen LogP contribution in [0.15, 0.2) is 18.2 Å². The zero-order valence-corrected chi connectivity index (χ0v) is 16.4. The van der Waals surface area contributed by atoms with Gasteiger partial charge in [0.15, 0.2) is 11.5 Å². The van der Waals surface area contributed by atoms with Crippen molar-refractivity contribution in [2.75, 3.05) is 27.3 Å². The summed E-state index contributed by atoms with van der Waals surface area (Å²) in [6.45, 7) is 6.40. The van der Waals surface area contributed by atoms with Crippen molar-refractivity contribution in [3.8, 4) is 17.6 Å². The van der Waals surface area contributed by atoms with E-state index in [9.17, 15) is 0 Å². The van der Waals surface area contributed by atoms with Crippen LogP contribution in [0.2, 0.25) is 0 Å². The molecule has 0 aliphatic carbocycles. The fourth-order valence-electron chi connectivity index (χ4n) is 3.28. The Morgan fingerprint density at radius 1 is 1.12 bits per heavy atom. The summed E-state index contributed by atoms with van der Waals surface area (Å²) in [5.74, 6) is 1.54. The number of nitrogens with zero attached hydrogens (tertiary/aromatic N) is 1. The lowest BCUT2D eigenvalue weighted by Gasteiger charge is -2.33. The number of benzene rings is 1. The van der Waals surface area contributed by atoms with Crippen LogP contribution in [0, 0.1) is 16.7 Å². The Bertz CT molecular complexity index is 539. The maximum atomic E-state index is 8.97. The zero-order chi connectivity index (χ0) is 18.5. The van der Waals surface area contributed by atoms with E-state index in [4.69, 9.17) is 14.7 Å². The lowest BCUT2D eigenvalue weighted by molar-refractivity contribution is 0.215. The topological polar surface area (TPSA) is 54.3 Å². The Kier molecular flexibility index (Phi) is 10.0. The van der Waals surface area contributed by atoms with Crippen LogP contribution >= 0.6 is 0 Å². The number of rotatable bonds is 13. The first-order chi connectivity index (χ1) is 12.1. The number of unbranched alkanes of at least 4 members (excludes halogenated alkanes) is 1. The number of nitriles is 1. The lowest BCUT2D eigenvalue weighted by atomic mass is 9.76. The molecule has 0 saturated heterocycles. The molecule has 1 rings (SSSR count). The summed E-state index contributed by atoms with van der Waals surface area (Å²) in [6.07, 6.45) is 7.35. The van der Waals surface area contributed by atoms with Crippen LogP contribution in [0.4, 0.5) is 0 Å². The van der Waals surface area contributed by atoms with Crippen molar-refractivity contribution < 1.29 is 9.47 Å². The Balaban J connectivity index is 2.56. The molecule has 1 N–H and O–H groups in total. The van der Waals surface area contributed by atoms with Gasteiger partial charge in [-0.3, -0.25) is 0 Å². The first-order valence-electron chi connectivity index (χ1n) is 9.43. The van der Waals surface area contributed by atoms with E-state index in [1.165, 1.54) is 24.8 Å². The van der Waals surface area contributed by atoms with Gasteiger partial charge in [0.25, 0.3) is 0 Å². The third kappa shape index (κ3) is 6.96. The average Bonchev–Trinajstić information content (AvgIpc) is 2.66. The van der Waals surface area contributed by atoms with Crippen molar-refractivity contribution in [1.29, 1.82) is 5.26 Å². The monoisotopic (exact) mass is 346 g/mol. The normalized spacial score (nSPS) is 13.1. The molecule has 4 heteroatoms. The highest BCUT2D eigenvalue weighted by atomic mass is 16.5. The van der Waals surface area contributed by atoms with Crippen LogP contribution in [0.25, 0.3) is 0 Å². The first-order valence-corrected chi connectivity index (χ1v) is 9.43. The summed E-state index contributed by atoms with van der Waals surface area (Å²) in [5, 5.41) is 12.6. The summed E-state index contributed by atoms with van der Waals surface area (Å²) in [7, 11) is 3.32. The lowest BCUT2D eigenvalue weighted by Crippen LogP contribution is -2.35. The summed E-state index contributed by atoms with van der Waals surface area (Å²) >= 11 is 0. The van der Waals surface area contributed by atoms with Gasteiger partial charge in [0.05, 0.1) is 20.3 Å². The van der Waals surface area contributed by atoms with Gasteiger partial charge in [-0.1, -0.05) is 32.8 Å². The number of nitrogens with one attached hydrogen (secondary N) is 1. The number of ether oxygens (including phenoxy) is 2. The standard InChI is InChI=1S/C21H34N2O2/c1-5-7-12-21(6-2,13-8-14-22)17-23-15-11-18-9-10-19(24-3)20(16-18)25-4/h9-10,16,23H,5-8,11-13,15,17H2,1-4H3/t21-/m0/s1. The molecule has 25 heavy (non-hydrogen) atoms. The molecule has 0 radical (unpaired) electrons. The van der Waals surface area contributed by atoms with Gasteiger partial charge in [-0.2, -0.15) is 5.26 Å². The summed E-state index contributed by atoms with van der Waals surface area (Å²) in [6, 6.07) is 8.41. The molecule has 140 valence electrons. The molecule has 0 aliphatic rings. The van der Waals surface area contributed by atoms with Crippen LogP contribution in [0.1, 0.15) is 57.9 Å². The SMILES string of the molecule is CCCC[C@@](CC)(CCC#N)CNCCc1ccc(OC)c(OC)c1. The van der Waals surface area contributed by atoms with Crippen LogP contribution in [-0.4, -0.2) is 27.3 Å². The van der Waals surface area contributed by atoms with Crippen LogP contribution in [-0.2, 0) is 6.42 Å². The van der Waals surface area contributed by atoms with Gasteiger partial charge < -0.3 is 14.8 Å². The predicted octanol–water partition coefficient (Wildman–Crippen LogP) is 4.73. The molecule has 0 saturated carbocycles. The van der Waals surface area contributed by atoms with Crippen LogP contribution < -0.4 is 14.8 Å². The second-order valence-corrected chi connectivity index (χ2v) is 6.73. The maximum absolute atomic E-state index is 8.97. The van der Waals surface area contributed by atoms with Gasteiger partial charge in [-0.15, -0.1) is 0 Å². The van der Waals surface area contributed by atoms with E-state index in [0.717, 1.165) is 43.9 Å². The van der Waals surface area contributed by atoms with Crippen molar-refractivity contribution in [2.45, 2.75) is 58.8 Å². The fourth-order valence-corrected chi connectivity index (χ4v) is 3.28. The molecule has 0 spiro atoms. The Morgan fingerprint density at radius 2 is 1.88 bits per heavy atom. The van der Waals surface area contributed by atoms with Gasteiger partial charge in [-0.05, 0) is 55.3 Å². The number of hydrogen-bond acceptors (Lipinski definition) is 4. The molecule has 4 nitrogen and oxygen atoms in total. The highest BCUT2D eigenvalue weighted by molar-refractivity contribution is 5.42. The van der Waals surface area contributed by atoms with Crippen molar-refractivity contribution in [1.82, 2.24) is 5.32 Å². The molecule has 0 heterocycles. The van der Waals surface area contributed by atoms with Crippen molar-refractivity contribution in [3.63, 3.8) is 0 Å². The minimum Gasteiger partial charge on any atom is -0.493 e. The molecular formula is C21H34N2O2. The van der Waals surface area contributed by atoms with E-state index in [-0.39, 0.29) is 5.41 Å². The van der Waals surface area contributed by atoms with E-state index in [2.05, 4.69) is 31.3 Å². The van der Waals surface area contributed by atoms with Gasteiger partial charge in [0.2, 0.25) is 0 Å². The molecule has 0 aliphatic heterocycles. The largest absolute Gasteiger partial charge is 0.493 e. The molecule has 1 aromatic carbocycles. The molecule has 1 aromatic rings. The average molecular weight is 347 g/mol. The summed E-state index contributed by atoms with van der Waals surface area (Å²) in [4.78, 5) is 0. The number of methoxy groups -OCH3 is 2. The molecule has 0 fully saturated rings. The Morgan fingerprint density at radius 3 is 2.48 bits per heavy atom. The highest BCUT2D eigenvalue weighted by Gasteiger charge is 2.26. The second kappa shape index (κ2) is 11.8. The molecular weight excluding hydrogens is 312 g/mol. The van der Waals surface area contributed by atoms with Gasteiger partial charge in [0.1, 0.15) is 0 Å². The minimum atomic E-state index is 0.253. The van der Waals surface area contributed by atoms with Crippen molar-refractivity contribution in [3.05, 3.63) is 23.8 Å². The summed E-state index contributed by atoms with van der Waals surface area (Å²) in [5.41, 5.74) is 1.49. The summed E-state index contributed by atoms with van der Waals surface area (Å²) < 4.78 is 10.7. The van der Waals surface area contributed by atoms with E-state index in [0.29, 0.717) is 6.42 Å². The molecule has 0 amide bonds. The third-order valence-corrected chi connectivity index (χ3v) is 5.12. The van der Waals surface area contributed by atoms with E-state index < -0.39 is 0 Å². The molecule has 0 bridgehead atoms. The fraction of sp³-hybridized carbons (Fsp3) is 0.667. The van der Waals surface area contributed by atoms with Crippen molar-refractivity contribution >= 4 is 0 Å². The van der Waals surface area contributed by atoms with Crippen LogP contribution in [0.5, 0.6) is 11.5 Å². The van der Waals surface area contributed by atoms with E-state index in [1.54, 1.807) is 14.2 Å². The smallest absolute Gasteiger partial charge is 0.160 e. The van der Waals surface area contributed by atoms with E-state index >= 15 is 0 Å². The maximum Gasteiger partial charge on any atom is 0.160 e. The Hall–Kier alpha value is -1.73.